The highest BCUT2D eigenvalue weighted by Crippen LogP contribution is 2.29. The van der Waals surface area contributed by atoms with Gasteiger partial charge < -0.3 is 10.6 Å². The SMILES string of the molecule is Cl.Fc1cccc(Cl)c1-n1cc2c(Nc3ccc(C4CNC4)cn3)ncc(F)c2n1. The van der Waals surface area contributed by atoms with E-state index in [0.717, 1.165) is 24.8 Å². The molecule has 0 amide bonds. The van der Waals surface area contributed by atoms with E-state index in [-0.39, 0.29) is 28.6 Å². The Balaban J connectivity index is 0.00000218. The zero-order chi connectivity index (χ0) is 20.0. The van der Waals surface area contributed by atoms with Crippen molar-refractivity contribution >= 4 is 46.5 Å². The van der Waals surface area contributed by atoms with Crippen LogP contribution in [-0.2, 0) is 0 Å². The smallest absolute Gasteiger partial charge is 0.169 e. The van der Waals surface area contributed by atoms with Crippen LogP contribution in [0.1, 0.15) is 11.5 Å². The van der Waals surface area contributed by atoms with Gasteiger partial charge in [-0.25, -0.2) is 23.4 Å². The van der Waals surface area contributed by atoms with Gasteiger partial charge in [-0.05, 0) is 23.8 Å². The fourth-order valence-corrected chi connectivity index (χ4v) is 3.51. The van der Waals surface area contributed by atoms with Gasteiger partial charge in [0.2, 0.25) is 0 Å². The first-order chi connectivity index (χ1) is 14.1. The number of rotatable bonds is 4. The zero-order valence-electron chi connectivity index (χ0n) is 15.4. The summed E-state index contributed by atoms with van der Waals surface area (Å²) in [4.78, 5) is 8.54. The topological polar surface area (TPSA) is 67.7 Å². The minimum Gasteiger partial charge on any atom is -0.324 e. The van der Waals surface area contributed by atoms with Crippen LogP contribution >= 0.6 is 24.0 Å². The maximum atomic E-state index is 14.3. The lowest BCUT2D eigenvalue weighted by Gasteiger charge is -2.27. The number of hydrogen-bond acceptors (Lipinski definition) is 5. The number of nitrogens with one attached hydrogen (secondary N) is 2. The van der Waals surface area contributed by atoms with Crippen LogP contribution in [0, 0.1) is 11.6 Å². The van der Waals surface area contributed by atoms with E-state index in [1.54, 1.807) is 6.07 Å². The van der Waals surface area contributed by atoms with E-state index in [9.17, 15) is 8.78 Å². The van der Waals surface area contributed by atoms with Crippen LogP contribution in [0.25, 0.3) is 16.6 Å². The average Bonchev–Trinajstić information content (AvgIpc) is 3.10. The molecule has 0 atom stereocenters. The second kappa shape index (κ2) is 8.14. The number of fused-ring (bicyclic) bond motifs is 1. The van der Waals surface area contributed by atoms with Gasteiger partial charge in [-0.3, -0.25) is 0 Å². The van der Waals surface area contributed by atoms with E-state index in [4.69, 9.17) is 11.6 Å². The lowest BCUT2D eigenvalue weighted by atomic mass is 9.95. The van der Waals surface area contributed by atoms with Crippen molar-refractivity contribution in [2.24, 2.45) is 0 Å². The summed E-state index contributed by atoms with van der Waals surface area (Å²) in [5.41, 5.74) is 1.26. The van der Waals surface area contributed by atoms with E-state index in [0.29, 0.717) is 22.9 Å². The Morgan fingerprint density at radius 3 is 2.57 bits per heavy atom. The molecule has 1 aliphatic heterocycles. The molecule has 1 aliphatic rings. The third-order valence-corrected chi connectivity index (χ3v) is 5.26. The van der Waals surface area contributed by atoms with Gasteiger partial charge in [0, 0.05) is 31.4 Å². The van der Waals surface area contributed by atoms with Gasteiger partial charge in [0.15, 0.2) is 5.82 Å². The molecule has 1 saturated heterocycles. The number of hydrogen-bond donors (Lipinski definition) is 2. The summed E-state index contributed by atoms with van der Waals surface area (Å²) >= 11 is 6.12. The lowest BCUT2D eigenvalue weighted by molar-refractivity contribution is 0.447. The van der Waals surface area contributed by atoms with Crippen LogP contribution < -0.4 is 10.6 Å². The van der Waals surface area contributed by atoms with Crippen molar-refractivity contribution in [3.05, 3.63) is 71.1 Å². The maximum absolute atomic E-state index is 14.3. The first-order valence-corrected chi connectivity index (χ1v) is 9.40. The number of nitrogens with zero attached hydrogens (tertiary/aromatic N) is 4. The molecular weight excluding hydrogens is 433 g/mol. The van der Waals surface area contributed by atoms with Crippen LogP contribution in [0.3, 0.4) is 0 Å². The molecular formula is C20H16Cl2F2N6. The summed E-state index contributed by atoms with van der Waals surface area (Å²) in [7, 11) is 0. The second-order valence-corrected chi connectivity index (χ2v) is 7.23. The summed E-state index contributed by atoms with van der Waals surface area (Å²) in [5.74, 6) is 0.244. The van der Waals surface area contributed by atoms with Crippen molar-refractivity contribution in [2.75, 3.05) is 18.4 Å². The van der Waals surface area contributed by atoms with E-state index in [1.807, 2.05) is 18.3 Å². The number of pyridine rings is 2. The lowest BCUT2D eigenvalue weighted by Crippen LogP contribution is -2.39. The molecule has 5 rings (SSSR count). The Labute approximate surface area is 181 Å². The van der Waals surface area contributed by atoms with Crippen LogP contribution in [0.15, 0.2) is 48.9 Å². The molecule has 4 heterocycles. The van der Waals surface area contributed by atoms with Crippen LogP contribution in [0.5, 0.6) is 0 Å². The summed E-state index contributed by atoms with van der Waals surface area (Å²) in [6, 6.07) is 8.16. The minimum atomic E-state index is -0.613. The molecule has 0 saturated carbocycles. The highest BCUT2D eigenvalue weighted by atomic mass is 35.5. The summed E-state index contributed by atoms with van der Waals surface area (Å²) < 4.78 is 29.8. The Morgan fingerprint density at radius 1 is 1.07 bits per heavy atom. The number of benzene rings is 1. The predicted octanol–water partition coefficient (Wildman–Crippen LogP) is 4.60. The molecule has 0 spiro atoms. The molecule has 4 aromatic rings. The van der Waals surface area contributed by atoms with Crippen LogP contribution in [-0.4, -0.2) is 32.8 Å². The minimum absolute atomic E-state index is 0. The normalized spacial score (nSPS) is 13.7. The molecule has 0 bridgehead atoms. The molecule has 1 fully saturated rings. The van der Waals surface area contributed by atoms with Gasteiger partial charge >= 0.3 is 0 Å². The summed E-state index contributed by atoms with van der Waals surface area (Å²) in [6.45, 7) is 1.90. The zero-order valence-corrected chi connectivity index (χ0v) is 17.0. The number of para-hydroxylation sites is 1. The van der Waals surface area contributed by atoms with Crippen LogP contribution in [0.4, 0.5) is 20.4 Å². The Morgan fingerprint density at radius 2 is 1.90 bits per heavy atom. The van der Waals surface area contributed by atoms with Crippen molar-refractivity contribution < 1.29 is 8.78 Å². The molecule has 0 radical (unpaired) electrons. The Bertz CT molecular complexity index is 1190. The van der Waals surface area contributed by atoms with Gasteiger partial charge in [0.05, 0.1) is 16.6 Å². The van der Waals surface area contributed by atoms with Gasteiger partial charge in [-0.15, -0.1) is 12.4 Å². The average molecular weight is 449 g/mol. The predicted molar refractivity (Wildman–Crippen MR) is 114 cm³/mol. The first-order valence-electron chi connectivity index (χ1n) is 9.02. The van der Waals surface area contributed by atoms with Crippen molar-refractivity contribution in [3.8, 4) is 5.69 Å². The van der Waals surface area contributed by atoms with Crippen molar-refractivity contribution in [1.82, 2.24) is 25.1 Å². The van der Waals surface area contributed by atoms with Gasteiger partial charge in [-0.1, -0.05) is 23.7 Å². The molecule has 1 aromatic carbocycles. The van der Waals surface area contributed by atoms with Crippen LogP contribution in [0.2, 0.25) is 5.02 Å². The second-order valence-electron chi connectivity index (χ2n) is 6.82. The number of halogens is 4. The fraction of sp³-hybridized carbons (Fsp3) is 0.150. The van der Waals surface area contributed by atoms with Crippen molar-refractivity contribution in [3.63, 3.8) is 0 Å². The van der Waals surface area contributed by atoms with E-state index >= 15 is 0 Å². The largest absolute Gasteiger partial charge is 0.324 e. The van der Waals surface area contributed by atoms with Gasteiger partial charge in [0.1, 0.15) is 28.7 Å². The fourth-order valence-electron chi connectivity index (χ4n) is 3.26. The highest BCUT2D eigenvalue weighted by Gasteiger charge is 2.20. The molecule has 30 heavy (non-hydrogen) atoms. The van der Waals surface area contributed by atoms with Gasteiger partial charge in [0.25, 0.3) is 0 Å². The highest BCUT2D eigenvalue weighted by molar-refractivity contribution is 6.32. The maximum Gasteiger partial charge on any atom is 0.169 e. The molecule has 3 aromatic heterocycles. The molecule has 6 nitrogen and oxygen atoms in total. The third-order valence-electron chi connectivity index (χ3n) is 4.95. The number of aromatic nitrogens is 4. The van der Waals surface area contributed by atoms with Crippen molar-refractivity contribution in [1.29, 1.82) is 0 Å². The van der Waals surface area contributed by atoms with Gasteiger partial charge in [-0.2, -0.15) is 5.10 Å². The Hall–Kier alpha value is -2.81. The summed E-state index contributed by atoms with van der Waals surface area (Å²) in [6.07, 6.45) is 4.38. The monoisotopic (exact) mass is 448 g/mol. The third kappa shape index (κ3) is 3.58. The standard InChI is InChI=1S/C20H15ClF2N6.ClH/c21-14-2-1-3-15(22)19(14)29-10-13-18(28-29)16(23)9-26-20(13)27-17-5-4-11(8-25-17)12-6-24-7-12;/h1-5,8-10,12,24H,6-7H2,(H,25,26,27);1H. The molecule has 0 unspecified atom stereocenters. The van der Waals surface area contributed by atoms with E-state index in [2.05, 4.69) is 25.7 Å². The van der Waals surface area contributed by atoms with Crippen molar-refractivity contribution in [2.45, 2.75) is 5.92 Å². The number of anilines is 2. The quantitative estimate of drug-likeness (QED) is 0.477. The molecule has 2 N–H and O–H groups in total. The summed E-state index contributed by atoms with van der Waals surface area (Å²) in [5, 5.41) is 11.0. The molecule has 0 aliphatic carbocycles. The van der Waals surface area contributed by atoms with E-state index in [1.165, 1.54) is 23.0 Å². The molecule has 154 valence electrons. The van der Waals surface area contributed by atoms with E-state index < -0.39 is 11.6 Å². The molecule has 10 heteroatoms. The first kappa shape index (κ1) is 20.5. The Kier molecular flexibility index (Phi) is 5.55.